The molecule has 0 aromatic carbocycles. The third-order valence-corrected chi connectivity index (χ3v) is 35.5. The highest BCUT2D eigenvalue weighted by molar-refractivity contribution is 5.78. The van der Waals surface area contributed by atoms with Gasteiger partial charge in [0.25, 0.3) is 0 Å². The largest absolute Gasteiger partial charge is 0.459 e. The predicted molar refractivity (Wildman–Crippen MR) is 496 cm³/mol. The third-order valence-electron chi connectivity index (χ3n) is 35.5. The fourth-order valence-corrected chi connectivity index (χ4v) is 27.2. The molecule has 20 aliphatic carbocycles. The smallest absolute Gasteiger partial charge is 0.312 e. The predicted octanol–water partition coefficient (Wildman–Crippen LogP) is 31.6. The molecule has 0 aliphatic heterocycles. The average Bonchev–Trinajstić information content (AvgIpc) is 0.742. The topological polar surface area (TPSA) is 132 Å². The molecule has 0 spiro atoms. The van der Waals surface area contributed by atoms with Crippen molar-refractivity contribution in [2.24, 2.45) is 144 Å². The highest BCUT2D eigenvalue weighted by Crippen LogP contribution is 2.69. The summed E-state index contributed by atoms with van der Waals surface area (Å²) in [5, 5.41) is 0. The number of carbonyl (C=O) groups is 5. The number of unbranched alkanes of at least 4 members (excludes halogenated alkanes) is 2. The molecule has 0 amide bonds. The van der Waals surface area contributed by atoms with E-state index >= 15 is 0 Å². The summed E-state index contributed by atoms with van der Waals surface area (Å²) in [5.74, 6) is 14.9. The number of ether oxygens (including phenoxy) is 5. The Morgan fingerprint density at radius 3 is 0.810 bits per heavy atom. The highest BCUT2D eigenvalue weighted by Gasteiger charge is 2.65. The Kier molecular flexibility index (Phi) is 40.2. The lowest BCUT2D eigenvalue weighted by molar-refractivity contribution is -0.220. The Morgan fingerprint density at radius 1 is 0.284 bits per heavy atom. The van der Waals surface area contributed by atoms with Crippen LogP contribution in [0.5, 0.6) is 0 Å². The fourth-order valence-electron chi connectivity index (χ4n) is 27.2. The summed E-state index contributed by atoms with van der Waals surface area (Å²) >= 11 is 0. The van der Waals surface area contributed by atoms with Gasteiger partial charge in [0.1, 0.15) is 28.0 Å². The fraction of sp³-hybridized carbons (Fsp3) is 0.953. The molecule has 116 heavy (non-hydrogen) atoms. The van der Waals surface area contributed by atoms with E-state index in [0.717, 1.165) is 129 Å². The van der Waals surface area contributed by atoms with Crippen molar-refractivity contribution in [3.63, 3.8) is 0 Å². The van der Waals surface area contributed by atoms with Crippen molar-refractivity contribution in [2.45, 2.75) is 505 Å². The van der Waals surface area contributed by atoms with E-state index in [1.54, 1.807) is 0 Å². The maximum absolute atomic E-state index is 12.9. The Balaban J connectivity index is 0.000000711. The van der Waals surface area contributed by atoms with E-state index in [9.17, 15) is 24.0 Å². The molecule has 686 valence electrons. The molecule has 20 aliphatic rings. The molecular formula is C106H202O10. The van der Waals surface area contributed by atoms with Crippen molar-refractivity contribution in [1.29, 1.82) is 0 Å². The van der Waals surface area contributed by atoms with Crippen molar-refractivity contribution in [2.75, 3.05) is 0 Å². The van der Waals surface area contributed by atoms with E-state index in [1.165, 1.54) is 193 Å². The van der Waals surface area contributed by atoms with Crippen LogP contribution in [0.25, 0.3) is 0 Å². The lowest BCUT2D eigenvalue weighted by Crippen LogP contribution is -2.60. The SMILES string of the molecule is C.C.C.C.C.C.C.C.C.C.CCC(C)(C)C(=O)OC(C)(C)C12CC3CC(CC(C3)C1)C2.CCC(C)(C)C(=O)OC1(C)C2CC3CC(C2)CC1C3.CCC(C)(C)C(=O)OC1(CC)C2CC3CC(C2)CC1C3.CCCCC(C)(OC(=O)C(C)(C)CC)C12CC3CC(CC(C3)C1)C2.CCCCC1(OC(=O)C(C)(C)CC)C2CC3CC(C2)CC1C3. The van der Waals surface area contributed by atoms with Crippen molar-refractivity contribution in [3.05, 3.63) is 0 Å². The van der Waals surface area contributed by atoms with E-state index in [-0.39, 0.29) is 170 Å². The third kappa shape index (κ3) is 22.0. The molecule has 20 saturated carbocycles. The van der Waals surface area contributed by atoms with Gasteiger partial charge in [-0.3, -0.25) is 24.0 Å². The zero-order valence-corrected chi connectivity index (χ0v) is 72.6. The summed E-state index contributed by atoms with van der Waals surface area (Å²) in [5.41, 5.74) is -2.22. The van der Waals surface area contributed by atoms with Crippen LogP contribution < -0.4 is 0 Å². The van der Waals surface area contributed by atoms with Gasteiger partial charge in [0.2, 0.25) is 0 Å². The van der Waals surface area contributed by atoms with Gasteiger partial charge in [0.05, 0.1) is 27.1 Å². The van der Waals surface area contributed by atoms with Crippen molar-refractivity contribution < 1.29 is 47.7 Å². The Hall–Kier alpha value is -2.65. The van der Waals surface area contributed by atoms with E-state index < -0.39 is 0 Å². The molecule has 0 radical (unpaired) electrons. The first kappa shape index (κ1) is 111. The molecule has 0 aromatic heterocycles. The minimum absolute atomic E-state index is 0. The summed E-state index contributed by atoms with van der Waals surface area (Å²) in [6, 6.07) is 0. The average molecular weight is 1640 g/mol. The van der Waals surface area contributed by atoms with Gasteiger partial charge in [0, 0.05) is 10.8 Å². The Labute approximate surface area is 722 Å². The van der Waals surface area contributed by atoms with Gasteiger partial charge >= 0.3 is 29.8 Å². The van der Waals surface area contributed by atoms with Crippen LogP contribution in [0.15, 0.2) is 0 Å². The molecule has 1 unspecified atom stereocenters. The van der Waals surface area contributed by atoms with Crippen LogP contribution in [0.3, 0.4) is 0 Å². The maximum atomic E-state index is 12.9. The molecule has 0 N–H and O–H groups in total. The molecule has 10 heteroatoms. The van der Waals surface area contributed by atoms with E-state index in [0.29, 0.717) is 35.5 Å². The van der Waals surface area contributed by atoms with Gasteiger partial charge in [-0.2, -0.15) is 0 Å². The number of rotatable bonds is 24. The van der Waals surface area contributed by atoms with Gasteiger partial charge in [-0.15, -0.1) is 0 Å². The van der Waals surface area contributed by atoms with Crippen LogP contribution in [0.4, 0.5) is 0 Å². The first-order chi connectivity index (χ1) is 49.6. The van der Waals surface area contributed by atoms with Crippen LogP contribution in [-0.4, -0.2) is 57.9 Å². The van der Waals surface area contributed by atoms with Gasteiger partial charge in [-0.1, -0.05) is 142 Å². The summed E-state index contributed by atoms with van der Waals surface area (Å²) < 4.78 is 31.4. The van der Waals surface area contributed by atoms with Crippen LogP contribution in [0.1, 0.15) is 477 Å². The van der Waals surface area contributed by atoms with E-state index in [1.807, 2.05) is 69.2 Å². The van der Waals surface area contributed by atoms with Crippen molar-refractivity contribution in [3.8, 4) is 0 Å². The van der Waals surface area contributed by atoms with Crippen molar-refractivity contribution in [1.82, 2.24) is 0 Å². The summed E-state index contributed by atoms with van der Waals surface area (Å²) in [6.07, 6.45) is 48.5. The minimum Gasteiger partial charge on any atom is -0.459 e. The van der Waals surface area contributed by atoms with Crippen LogP contribution in [0.2, 0.25) is 0 Å². The van der Waals surface area contributed by atoms with Crippen LogP contribution in [0, 0.1) is 144 Å². The molecule has 0 saturated heterocycles. The first-order valence-corrected chi connectivity index (χ1v) is 45.7. The van der Waals surface area contributed by atoms with Crippen LogP contribution >= 0.6 is 0 Å². The quantitative estimate of drug-likeness (QED) is 0.0680. The molecule has 10 nitrogen and oxygen atoms in total. The van der Waals surface area contributed by atoms with Gasteiger partial charge in [-0.05, 0) is 441 Å². The molecule has 20 bridgehead atoms. The zero-order valence-electron chi connectivity index (χ0n) is 72.6. The zero-order chi connectivity index (χ0) is 77.4. The summed E-state index contributed by atoms with van der Waals surface area (Å²) in [6.45, 7) is 46.2. The van der Waals surface area contributed by atoms with Crippen LogP contribution in [-0.2, 0) is 47.7 Å². The van der Waals surface area contributed by atoms with Gasteiger partial charge in [0.15, 0.2) is 0 Å². The van der Waals surface area contributed by atoms with Gasteiger partial charge < -0.3 is 23.7 Å². The molecule has 0 heterocycles. The van der Waals surface area contributed by atoms with E-state index in [4.69, 9.17) is 23.7 Å². The second-order valence-corrected chi connectivity index (χ2v) is 44.8. The molecule has 0 aromatic rings. The molecular weight excluding hydrogens is 1430 g/mol. The van der Waals surface area contributed by atoms with E-state index in [2.05, 4.69) is 83.1 Å². The Bertz CT molecular complexity index is 2890. The lowest BCUT2D eigenvalue weighted by Gasteiger charge is -2.62. The summed E-state index contributed by atoms with van der Waals surface area (Å²) in [7, 11) is 0. The second-order valence-electron chi connectivity index (χ2n) is 44.8. The first-order valence-electron chi connectivity index (χ1n) is 45.7. The number of esters is 5. The summed E-state index contributed by atoms with van der Waals surface area (Å²) in [4.78, 5) is 63.5. The lowest BCUT2D eigenvalue weighted by atomic mass is 9.45. The Morgan fingerprint density at radius 2 is 0.526 bits per heavy atom. The standard InChI is InChI=1S/C22H38O2.C20H34O2.C19H32O2.C18H30O2.C17H28O2.10CH4/c1-6-8-9-21(5,24-19(23)20(3,4)7-2)22-13-16-10-17(14-22)12-18(11-16)15-22;1-5-7-8-20(22-18(21)19(3,4)6-2)16-10-14-9-15(12-16)13-17(20)11-14;1-6-17(2,3)16(20)21-18(4,5)19-10-13-7-14(11-19)9-15(8-13)12-19;1-5-17(3,4)16(19)20-18(6-2)14-8-12-7-13(10-14)11-15(18)9-12;1-5-16(2,3)15(18)19-17(4)13-7-11-6-12(9-13)10-14(17)8-11;;;;;;;;;;/h16-18H,6-15H2,1-5H3;14-17H,5-13H2,1-4H3;13-15H,6-12H2,1-5H3;12-15H,5-11H2,1-4H3;11-14H,5-10H2,1-4H3;10*1H4. The molecule has 1 atom stereocenters. The minimum atomic E-state index is -0.365. The number of hydrogen-bond acceptors (Lipinski definition) is 10. The number of carbonyl (C=O) groups excluding carboxylic acids is 5. The normalized spacial score (nSPS) is 36.9. The molecule has 20 rings (SSSR count). The second kappa shape index (κ2) is 41.9. The molecule has 20 fully saturated rings. The highest BCUT2D eigenvalue weighted by atomic mass is 16.6. The monoisotopic (exact) mass is 1640 g/mol. The maximum Gasteiger partial charge on any atom is 0.312 e. The number of hydrogen-bond donors (Lipinski definition) is 0. The van der Waals surface area contributed by atoms with Gasteiger partial charge in [-0.25, -0.2) is 0 Å². The van der Waals surface area contributed by atoms with Crippen molar-refractivity contribution >= 4 is 29.8 Å².